The third kappa shape index (κ3) is 3.14. The largest absolute Gasteiger partial charge is 0.409 e. The number of rotatable bonds is 3. The number of oxime groups is 1. The van der Waals surface area contributed by atoms with Crippen LogP contribution in [0.5, 0.6) is 0 Å². The van der Waals surface area contributed by atoms with Gasteiger partial charge in [0.15, 0.2) is 5.84 Å². The summed E-state index contributed by atoms with van der Waals surface area (Å²) in [5, 5.41) is 13.7. The van der Waals surface area contributed by atoms with Gasteiger partial charge in [-0.2, -0.15) is 0 Å². The minimum atomic E-state index is -0.714. The molecule has 2 aromatic carbocycles. The summed E-state index contributed by atoms with van der Waals surface area (Å²) in [5.74, 6) is -2.51. The first-order valence-electron chi connectivity index (χ1n) is 5.86. The minimum absolute atomic E-state index is 0.146. The number of nitrogens with one attached hydrogen (secondary N) is 1. The summed E-state index contributed by atoms with van der Waals surface area (Å²) in [4.78, 5) is 11.9. The Kier molecular flexibility index (Phi) is 4.13. The number of nitrogens with two attached hydrogens (primary N) is 1. The van der Waals surface area contributed by atoms with Crippen molar-refractivity contribution < 1.29 is 18.8 Å². The highest BCUT2D eigenvalue weighted by molar-refractivity contribution is 6.05. The molecule has 2 aromatic rings. The van der Waals surface area contributed by atoms with E-state index in [1.165, 1.54) is 30.3 Å². The Morgan fingerprint density at radius 1 is 1.10 bits per heavy atom. The second-order valence-corrected chi connectivity index (χ2v) is 4.11. The number of hydrogen-bond donors (Lipinski definition) is 3. The predicted octanol–water partition coefficient (Wildman–Crippen LogP) is 2.31. The predicted molar refractivity (Wildman–Crippen MR) is 73.3 cm³/mol. The Bertz CT molecular complexity index is 717. The third-order valence-corrected chi connectivity index (χ3v) is 2.73. The summed E-state index contributed by atoms with van der Waals surface area (Å²) < 4.78 is 27.0. The van der Waals surface area contributed by atoms with Crippen molar-refractivity contribution in [3.8, 4) is 0 Å². The number of hydrogen-bond acceptors (Lipinski definition) is 3. The lowest BCUT2D eigenvalue weighted by atomic mass is 10.1. The van der Waals surface area contributed by atoms with E-state index in [1.807, 2.05) is 0 Å². The summed E-state index contributed by atoms with van der Waals surface area (Å²) in [7, 11) is 0. The molecule has 0 saturated heterocycles. The molecular formula is C14H11F2N3O2. The van der Waals surface area contributed by atoms with Crippen LogP contribution in [0.2, 0.25) is 0 Å². The van der Waals surface area contributed by atoms with Gasteiger partial charge in [-0.25, -0.2) is 8.78 Å². The Morgan fingerprint density at radius 3 is 2.43 bits per heavy atom. The number of carbonyl (C=O) groups is 1. The first-order valence-corrected chi connectivity index (χ1v) is 5.86. The molecule has 5 nitrogen and oxygen atoms in total. The quantitative estimate of drug-likeness (QED) is 0.351. The Hall–Kier alpha value is -2.96. The van der Waals surface area contributed by atoms with Crippen LogP contribution in [0.4, 0.5) is 14.5 Å². The van der Waals surface area contributed by atoms with Gasteiger partial charge in [0, 0.05) is 5.69 Å². The van der Waals surface area contributed by atoms with Crippen molar-refractivity contribution in [1.82, 2.24) is 0 Å². The molecule has 0 radical (unpaired) electrons. The molecule has 0 aliphatic rings. The van der Waals surface area contributed by atoms with Gasteiger partial charge in [0.1, 0.15) is 11.6 Å². The summed E-state index contributed by atoms with van der Waals surface area (Å²) in [6.07, 6.45) is 0. The molecule has 0 aliphatic heterocycles. The van der Waals surface area contributed by atoms with Crippen molar-refractivity contribution in [3.05, 3.63) is 65.2 Å². The Morgan fingerprint density at radius 2 is 1.76 bits per heavy atom. The molecule has 21 heavy (non-hydrogen) atoms. The second-order valence-electron chi connectivity index (χ2n) is 4.11. The van der Waals surface area contributed by atoms with Gasteiger partial charge in [0.2, 0.25) is 0 Å². The molecule has 0 bridgehead atoms. The SMILES string of the molecule is NC(=NO)c1cc(NC(=O)c2ccccc2F)ccc1F. The van der Waals surface area contributed by atoms with E-state index in [0.29, 0.717) is 0 Å². The second kappa shape index (κ2) is 6.00. The number of benzene rings is 2. The third-order valence-electron chi connectivity index (χ3n) is 2.73. The number of halogens is 2. The van der Waals surface area contributed by atoms with Crippen molar-refractivity contribution in [1.29, 1.82) is 0 Å². The van der Waals surface area contributed by atoms with Crippen LogP contribution in [0, 0.1) is 11.6 Å². The molecule has 108 valence electrons. The van der Waals surface area contributed by atoms with Crippen molar-refractivity contribution in [2.45, 2.75) is 0 Å². The summed E-state index contributed by atoms with van der Waals surface area (Å²) >= 11 is 0. The van der Waals surface area contributed by atoms with E-state index in [9.17, 15) is 13.6 Å². The maximum atomic E-state index is 13.5. The Labute approximate surface area is 118 Å². The molecule has 0 fully saturated rings. The van der Waals surface area contributed by atoms with E-state index < -0.39 is 23.4 Å². The zero-order valence-electron chi connectivity index (χ0n) is 10.7. The molecule has 0 atom stereocenters. The van der Waals surface area contributed by atoms with Gasteiger partial charge in [-0.15, -0.1) is 0 Å². The zero-order valence-corrected chi connectivity index (χ0v) is 10.7. The highest BCUT2D eigenvalue weighted by Gasteiger charge is 2.13. The van der Waals surface area contributed by atoms with E-state index >= 15 is 0 Å². The van der Waals surface area contributed by atoms with Gasteiger partial charge in [0.25, 0.3) is 5.91 Å². The molecule has 0 spiro atoms. The molecule has 0 heterocycles. The van der Waals surface area contributed by atoms with E-state index in [0.717, 1.165) is 12.1 Å². The molecular weight excluding hydrogens is 280 g/mol. The maximum Gasteiger partial charge on any atom is 0.258 e. The first kappa shape index (κ1) is 14.4. The number of amidine groups is 1. The molecule has 2 rings (SSSR count). The topological polar surface area (TPSA) is 87.7 Å². The fourth-order valence-electron chi connectivity index (χ4n) is 1.70. The zero-order chi connectivity index (χ0) is 15.4. The molecule has 7 heteroatoms. The van der Waals surface area contributed by atoms with Crippen LogP contribution in [-0.4, -0.2) is 17.0 Å². The van der Waals surface area contributed by atoms with Gasteiger partial charge in [-0.05, 0) is 30.3 Å². The lowest BCUT2D eigenvalue weighted by Crippen LogP contribution is -2.17. The lowest BCUT2D eigenvalue weighted by molar-refractivity contribution is 0.102. The fourth-order valence-corrected chi connectivity index (χ4v) is 1.70. The first-order chi connectivity index (χ1) is 10.0. The van der Waals surface area contributed by atoms with Crippen LogP contribution in [0.25, 0.3) is 0 Å². The van der Waals surface area contributed by atoms with E-state index in [2.05, 4.69) is 10.5 Å². The summed E-state index contributed by atoms with van der Waals surface area (Å²) in [5.41, 5.74) is 5.18. The Balaban J connectivity index is 2.28. The average Bonchev–Trinajstić information content (AvgIpc) is 2.48. The molecule has 0 saturated carbocycles. The van der Waals surface area contributed by atoms with Crippen LogP contribution >= 0.6 is 0 Å². The highest BCUT2D eigenvalue weighted by atomic mass is 19.1. The maximum absolute atomic E-state index is 13.5. The molecule has 0 aromatic heterocycles. The lowest BCUT2D eigenvalue weighted by Gasteiger charge is -2.08. The van der Waals surface area contributed by atoms with Gasteiger partial charge in [-0.3, -0.25) is 4.79 Å². The van der Waals surface area contributed by atoms with E-state index in [-0.39, 0.29) is 16.8 Å². The number of amides is 1. The van der Waals surface area contributed by atoms with Crippen LogP contribution < -0.4 is 11.1 Å². The molecule has 1 amide bonds. The van der Waals surface area contributed by atoms with E-state index in [4.69, 9.17) is 10.9 Å². The van der Waals surface area contributed by atoms with Gasteiger partial charge in [0.05, 0.1) is 11.1 Å². The van der Waals surface area contributed by atoms with Crippen LogP contribution in [-0.2, 0) is 0 Å². The summed E-state index contributed by atoms with van der Waals surface area (Å²) in [6, 6.07) is 8.96. The summed E-state index contributed by atoms with van der Waals surface area (Å²) in [6.45, 7) is 0. The van der Waals surface area contributed by atoms with Gasteiger partial charge >= 0.3 is 0 Å². The standard InChI is InChI=1S/C14H11F2N3O2/c15-11-4-2-1-3-9(11)14(20)18-8-5-6-12(16)10(7-8)13(17)19-21/h1-7,21H,(H2,17,19)(H,18,20). The van der Waals surface area contributed by atoms with Gasteiger partial charge in [-0.1, -0.05) is 17.3 Å². The highest BCUT2D eigenvalue weighted by Crippen LogP contribution is 2.16. The van der Waals surface area contributed by atoms with Crippen molar-refractivity contribution in [2.24, 2.45) is 10.9 Å². The molecule has 0 unspecified atom stereocenters. The van der Waals surface area contributed by atoms with E-state index in [1.54, 1.807) is 0 Å². The number of anilines is 1. The van der Waals surface area contributed by atoms with Crippen LogP contribution in [0.1, 0.15) is 15.9 Å². The monoisotopic (exact) mass is 291 g/mol. The van der Waals surface area contributed by atoms with Crippen LogP contribution in [0.15, 0.2) is 47.6 Å². The van der Waals surface area contributed by atoms with Crippen molar-refractivity contribution in [3.63, 3.8) is 0 Å². The number of carbonyl (C=O) groups excluding carboxylic acids is 1. The normalized spacial score (nSPS) is 11.2. The van der Waals surface area contributed by atoms with Crippen LogP contribution in [0.3, 0.4) is 0 Å². The minimum Gasteiger partial charge on any atom is -0.409 e. The molecule has 4 N–H and O–H groups in total. The molecule has 0 aliphatic carbocycles. The van der Waals surface area contributed by atoms with Crippen molar-refractivity contribution in [2.75, 3.05) is 5.32 Å². The average molecular weight is 291 g/mol. The van der Waals surface area contributed by atoms with Gasteiger partial charge < -0.3 is 16.3 Å². The smallest absolute Gasteiger partial charge is 0.258 e. The van der Waals surface area contributed by atoms with Crippen molar-refractivity contribution >= 4 is 17.4 Å². The fraction of sp³-hybridized carbons (Fsp3) is 0. The number of nitrogens with zero attached hydrogens (tertiary/aromatic N) is 1.